The summed E-state index contributed by atoms with van der Waals surface area (Å²) in [5.74, 6) is 0.326. The van der Waals surface area contributed by atoms with Crippen LogP contribution in [-0.2, 0) is 14.3 Å². The Labute approximate surface area is 144 Å². The lowest BCUT2D eigenvalue weighted by atomic mass is 10.1. The van der Waals surface area contributed by atoms with Gasteiger partial charge in [-0.05, 0) is 13.0 Å². The van der Waals surface area contributed by atoms with Crippen LogP contribution in [0.1, 0.15) is 17.9 Å². The summed E-state index contributed by atoms with van der Waals surface area (Å²) in [5, 5.41) is 0.409. The minimum absolute atomic E-state index is 0.0194. The summed E-state index contributed by atoms with van der Waals surface area (Å²) in [6.45, 7) is 4.06. The summed E-state index contributed by atoms with van der Waals surface area (Å²) in [5.41, 5.74) is 0.881. The fraction of sp³-hybridized carbons (Fsp3) is 0.500. The smallest absolute Gasteiger partial charge is 0.245 e. The molecule has 2 unspecified atom stereocenters. The van der Waals surface area contributed by atoms with Crippen LogP contribution in [0.5, 0.6) is 0 Å². The molecule has 0 spiro atoms. The first-order valence-corrected chi connectivity index (χ1v) is 9.06. The van der Waals surface area contributed by atoms with Crippen molar-refractivity contribution in [2.75, 3.05) is 32.1 Å². The number of nitrogens with zero attached hydrogens (tertiary/aromatic N) is 2. The number of hydrogen-bond donors (Lipinski definition) is 0. The number of thioether (sulfide) groups is 1. The van der Waals surface area contributed by atoms with Crippen LogP contribution in [0.4, 0.5) is 0 Å². The molecule has 0 aromatic heterocycles. The molecule has 7 heteroatoms. The van der Waals surface area contributed by atoms with Gasteiger partial charge in [0, 0.05) is 23.7 Å². The average molecular weight is 355 g/mol. The van der Waals surface area contributed by atoms with Crippen molar-refractivity contribution in [3.63, 3.8) is 0 Å². The number of halogens is 1. The number of rotatable bonds is 3. The van der Waals surface area contributed by atoms with Crippen LogP contribution in [-0.4, -0.2) is 59.7 Å². The molecule has 0 N–H and O–H groups in total. The van der Waals surface area contributed by atoms with Crippen LogP contribution in [0.3, 0.4) is 0 Å². The summed E-state index contributed by atoms with van der Waals surface area (Å²) in [7, 11) is 0. The molecule has 5 nitrogen and oxygen atoms in total. The maximum absolute atomic E-state index is 12.7. The van der Waals surface area contributed by atoms with Gasteiger partial charge in [0.2, 0.25) is 11.8 Å². The van der Waals surface area contributed by atoms with Gasteiger partial charge in [-0.25, -0.2) is 0 Å². The highest BCUT2D eigenvalue weighted by Gasteiger charge is 2.40. The van der Waals surface area contributed by atoms with E-state index in [9.17, 15) is 9.59 Å². The quantitative estimate of drug-likeness (QED) is 0.834. The first-order chi connectivity index (χ1) is 11.1. The molecule has 2 saturated heterocycles. The van der Waals surface area contributed by atoms with Gasteiger partial charge in [-0.3, -0.25) is 9.59 Å². The van der Waals surface area contributed by atoms with E-state index >= 15 is 0 Å². The molecule has 23 heavy (non-hydrogen) atoms. The largest absolute Gasteiger partial charge is 0.378 e. The van der Waals surface area contributed by atoms with E-state index in [4.69, 9.17) is 16.3 Å². The number of amides is 2. The Hall–Kier alpha value is -1.24. The van der Waals surface area contributed by atoms with Crippen LogP contribution >= 0.6 is 23.4 Å². The maximum Gasteiger partial charge on any atom is 0.245 e. The number of ether oxygens (including phenoxy) is 1. The summed E-state index contributed by atoms with van der Waals surface area (Å²) in [6, 6.07) is 6.98. The van der Waals surface area contributed by atoms with Crippen LogP contribution in [0, 0.1) is 0 Å². The number of carbonyl (C=O) groups excluding carboxylic acids is 2. The van der Waals surface area contributed by atoms with Gasteiger partial charge in [0.1, 0.15) is 11.4 Å². The van der Waals surface area contributed by atoms with E-state index in [0.717, 1.165) is 5.56 Å². The second-order valence-electron chi connectivity index (χ2n) is 5.60. The van der Waals surface area contributed by atoms with Gasteiger partial charge >= 0.3 is 0 Å². The van der Waals surface area contributed by atoms with Crippen LogP contribution in [0.2, 0.25) is 5.02 Å². The second kappa shape index (κ2) is 7.11. The molecule has 2 amide bonds. The Kier molecular flexibility index (Phi) is 5.14. The van der Waals surface area contributed by atoms with Gasteiger partial charge < -0.3 is 14.5 Å². The molecule has 0 bridgehead atoms. The van der Waals surface area contributed by atoms with E-state index in [0.29, 0.717) is 37.1 Å². The van der Waals surface area contributed by atoms with Crippen molar-refractivity contribution in [2.24, 2.45) is 0 Å². The molecule has 3 rings (SSSR count). The molecule has 0 radical (unpaired) electrons. The third-order valence-electron chi connectivity index (χ3n) is 4.17. The molecular formula is C16H19ClN2O3S. The highest BCUT2D eigenvalue weighted by atomic mass is 35.5. The molecule has 2 heterocycles. The number of carbonyl (C=O) groups is 2. The minimum atomic E-state index is -0.503. The molecule has 124 valence electrons. The Balaban J connectivity index is 1.82. The molecular weight excluding hydrogens is 336 g/mol. The standard InChI is InChI=1S/C16H19ClN2O3S/c1-11(15(21)18-6-8-22-9-7-18)19-14(20)10-23-16(19)12-4-2-3-5-13(12)17/h2-5,11,16H,6-10H2,1H3. The molecule has 1 aromatic carbocycles. The molecule has 2 aliphatic heterocycles. The third kappa shape index (κ3) is 3.34. The number of hydrogen-bond acceptors (Lipinski definition) is 4. The SMILES string of the molecule is CC(C(=O)N1CCOCC1)N1C(=O)CSC1c1ccccc1Cl. The van der Waals surface area contributed by atoms with Gasteiger partial charge in [-0.1, -0.05) is 29.8 Å². The first-order valence-electron chi connectivity index (χ1n) is 7.63. The molecule has 2 fully saturated rings. The molecule has 2 aliphatic rings. The Bertz CT molecular complexity index is 607. The predicted molar refractivity (Wildman–Crippen MR) is 90.4 cm³/mol. The van der Waals surface area contributed by atoms with Crippen molar-refractivity contribution in [1.29, 1.82) is 0 Å². The lowest BCUT2D eigenvalue weighted by molar-refractivity contribution is -0.146. The van der Waals surface area contributed by atoms with E-state index in [-0.39, 0.29) is 17.2 Å². The molecule has 0 aliphatic carbocycles. The van der Waals surface area contributed by atoms with Gasteiger partial charge in [-0.15, -0.1) is 11.8 Å². The average Bonchev–Trinajstić information content (AvgIpc) is 2.96. The van der Waals surface area contributed by atoms with Crippen molar-refractivity contribution >= 4 is 35.2 Å². The van der Waals surface area contributed by atoms with E-state index in [1.54, 1.807) is 16.7 Å². The highest BCUT2D eigenvalue weighted by molar-refractivity contribution is 8.00. The fourth-order valence-corrected chi connectivity index (χ4v) is 4.54. The lowest BCUT2D eigenvalue weighted by Crippen LogP contribution is -2.51. The van der Waals surface area contributed by atoms with Gasteiger partial charge in [-0.2, -0.15) is 0 Å². The zero-order chi connectivity index (χ0) is 16.4. The van der Waals surface area contributed by atoms with Crippen LogP contribution in [0.15, 0.2) is 24.3 Å². The van der Waals surface area contributed by atoms with Crippen LogP contribution in [0.25, 0.3) is 0 Å². The monoisotopic (exact) mass is 354 g/mol. The number of benzene rings is 1. The zero-order valence-electron chi connectivity index (χ0n) is 12.9. The van der Waals surface area contributed by atoms with E-state index < -0.39 is 6.04 Å². The topological polar surface area (TPSA) is 49.9 Å². The molecule has 1 aromatic rings. The summed E-state index contributed by atoms with van der Waals surface area (Å²) < 4.78 is 5.29. The van der Waals surface area contributed by atoms with Gasteiger partial charge in [0.15, 0.2) is 0 Å². The molecule has 2 atom stereocenters. The summed E-state index contributed by atoms with van der Waals surface area (Å²) in [6.07, 6.45) is 0. The lowest BCUT2D eigenvalue weighted by Gasteiger charge is -2.35. The Morgan fingerprint density at radius 1 is 1.35 bits per heavy atom. The van der Waals surface area contributed by atoms with E-state index in [1.165, 1.54) is 11.8 Å². The summed E-state index contributed by atoms with van der Waals surface area (Å²) in [4.78, 5) is 28.5. The van der Waals surface area contributed by atoms with Crippen LogP contribution < -0.4 is 0 Å². The maximum atomic E-state index is 12.7. The van der Waals surface area contributed by atoms with E-state index in [2.05, 4.69) is 0 Å². The van der Waals surface area contributed by atoms with E-state index in [1.807, 2.05) is 24.3 Å². The first kappa shape index (κ1) is 16.6. The van der Waals surface area contributed by atoms with Crippen molar-refractivity contribution < 1.29 is 14.3 Å². The summed E-state index contributed by atoms with van der Waals surface area (Å²) >= 11 is 7.80. The third-order valence-corrected chi connectivity index (χ3v) is 5.73. The number of morpholine rings is 1. The minimum Gasteiger partial charge on any atom is -0.378 e. The van der Waals surface area contributed by atoms with Crippen molar-refractivity contribution in [2.45, 2.75) is 18.3 Å². The van der Waals surface area contributed by atoms with Crippen molar-refractivity contribution in [3.05, 3.63) is 34.9 Å². The van der Waals surface area contributed by atoms with Crippen molar-refractivity contribution in [1.82, 2.24) is 9.80 Å². The predicted octanol–water partition coefficient (Wildman–Crippen LogP) is 2.16. The Morgan fingerprint density at radius 3 is 2.74 bits per heavy atom. The van der Waals surface area contributed by atoms with Crippen molar-refractivity contribution in [3.8, 4) is 0 Å². The normalized spacial score (nSPS) is 23.2. The zero-order valence-corrected chi connectivity index (χ0v) is 14.5. The second-order valence-corrected chi connectivity index (χ2v) is 7.08. The molecule has 0 saturated carbocycles. The highest BCUT2D eigenvalue weighted by Crippen LogP contribution is 2.42. The fourth-order valence-electron chi connectivity index (χ4n) is 2.94. The Morgan fingerprint density at radius 2 is 2.04 bits per heavy atom. The van der Waals surface area contributed by atoms with Gasteiger partial charge in [0.25, 0.3) is 0 Å². The van der Waals surface area contributed by atoms with Gasteiger partial charge in [0.05, 0.1) is 19.0 Å².